The van der Waals surface area contributed by atoms with Crippen LogP contribution in [0, 0.1) is 5.82 Å². The van der Waals surface area contributed by atoms with Crippen LogP contribution in [0.1, 0.15) is 19.8 Å². The van der Waals surface area contributed by atoms with E-state index in [1.165, 1.54) is 28.0 Å². The molecule has 1 saturated heterocycles. The number of nitrogens with one attached hydrogen (secondary N) is 1. The third-order valence-electron chi connectivity index (χ3n) is 4.95. The highest BCUT2D eigenvalue weighted by molar-refractivity contribution is 7.22. The number of anilines is 2. The van der Waals surface area contributed by atoms with E-state index in [-0.39, 0.29) is 29.4 Å². The summed E-state index contributed by atoms with van der Waals surface area (Å²) < 4.78 is 15.9. The maximum absolute atomic E-state index is 13.2. The molecule has 0 bridgehead atoms. The van der Waals surface area contributed by atoms with Gasteiger partial charge in [-0.25, -0.2) is 14.2 Å². The van der Waals surface area contributed by atoms with Crippen LogP contribution in [0.25, 0.3) is 10.3 Å². The van der Waals surface area contributed by atoms with Crippen LogP contribution >= 0.6 is 22.9 Å². The SMILES string of the molecule is CCn1c(=O)c2sc(N3CCCC3)nc2n(CC(=O)Nc2ccc(F)cc2Cl)c1=O. The van der Waals surface area contributed by atoms with Crippen LogP contribution in [0.3, 0.4) is 0 Å². The summed E-state index contributed by atoms with van der Waals surface area (Å²) in [4.78, 5) is 44.9. The summed E-state index contributed by atoms with van der Waals surface area (Å²) in [6.45, 7) is 3.20. The topological polar surface area (TPSA) is 89.2 Å². The fourth-order valence-electron chi connectivity index (χ4n) is 3.46. The van der Waals surface area contributed by atoms with Crippen LogP contribution in [0.5, 0.6) is 0 Å². The van der Waals surface area contributed by atoms with E-state index in [0.717, 1.165) is 36.6 Å². The van der Waals surface area contributed by atoms with Gasteiger partial charge in [0.15, 0.2) is 10.8 Å². The van der Waals surface area contributed by atoms with E-state index >= 15 is 0 Å². The zero-order valence-corrected chi connectivity index (χ0v) is 17.7. The van der Waals surface area contributed by atoms with Crippen molar-refractivity contribution in [3.8, 4) is 0 Å². The molecule has 0 aliphatic carbocycles. The molecule has 1 fully saturated rings. The number of thiazole rings is 1. The number of carbonyl (C=O) groups excluding carboxylic acids is 1. The van der Waals surface area contributed by atoms with Crippen molar-refractivity contribution in [3.05, 3.63) is 49.9 Å². The molecule has 0 saturated carbocycles. The monoisotopic (exact) mass is 451 g/mol. The molecule has 2 aromatic heterocycles. The molecule has 3 heterocycles. The van der Waals surface area contributed by atoms with Crippen molar-refractivity contribution < 1.29 is 9.18 Å². The highest BCUT2D eigenvalue weighted by Gasteiger charge is 2.23. The molecule has 158 valence electrons. The molecule has 3 aromatic rings. The van der Waals surface area contributed by atoms with E-state index in [1.807, 2.05) is 0 Å². The quantitative estimate of drug-likeness (QED) is 0.644. The minimum Gasteiger partial charge on any atom is -0.348 e. The first-order valence-electron chi connectivity index (χ1n) is 9.53. The Hall–Kier alpha value is -2.72. The molecule has 8 nitrogen and oxygen atoms in total. The Labute approximate surface area is 179 Å². The van der Waals surface area contributed by atoms with Crippen LogP contribution in [-0.4, -0.2) is 33.1 Å². The second-order valence-corrected chi connectivity index (χ2v) is 8.32. The normalized spacial score (nSPS) is 13.9. The van der Waals surface area contributed by atoms with Crippen LogP contribution < -0.4 is 21.5 Å². The zero-order valence-electron chi connectivity index (χ0n) is 16.2. The van der Waals surface area contributed by atoms with E-state index in [1.54, 1.807) is 6.92 Å². The van der Waals surface area contributed by atoms with Gasteiger partial charge in [0.1, 0.15) is 17.1 Å². The van der Waals surface area contributed by atoms with Crippen molar-refractivity contribution in [2.45, 2.75) is 32.9 Å². The maximum Gasteiger partial charge on any atom is 0.333 e. The number of amides is 1. The lowest BCUT2D eigenvalue weighted by molar-refractivity contribution is -0.116. The maximum atomic E-state index is 13.2. The summed E-state index contributed by atoms with van der Waals surface area (Å²) in [6, 6.07) is 3.60. The van der Waals surface area contributed by atoms with Gasteiger partial charge in [0, 0.05) is 19.6 Å². The first kappa shape index (κ1) is 20.5. The lowest BCUT2D eigenvalue weighted by Gasteiger charge is -2.12. The van der Waals surface area contributed by atoms with E-state index in [0.29, 0.717) is 9.83 Å². The fraction of sp³-hybridized carbons (Fsp3) is 0.368. The smallest absolute Gasteiger partial charge is 0.333 e. The average Bonchev–Trinajstić information content (AvgIpc) is 3.37. The van der Waals surface area contributed by atoms with E-state index in [4.69, 9.17) is 11.6 Å². The Balaban J connectivity index is 1.74. The molecule has 1 aliphatic rings. The standard InChI is InChI=1S/C19H19ClFN5O3S/c1-2-25-17(28)15-16(23-18(30-15)24-7-3-4-8-24)26(19(25)29)10-14(27)22-13-6-5-11(21)9-12(13)20/h5-6,9H,2-4,7-8,10H2,1H3,(H,22,27). The lowest BCUT2D eigenvalue weighted by atomic mass is 10.3. The number of halogens is 2. The summed E-state index contributed by atoms with van der Waals surface area (Å²) in [5.41, 5.74) is -0.582. The third kappa shape index (κ3) is 3.72. The van der Waals surface area contributed by atoms with Gasteiger partial charge in [-0.3, -0.25) is 18.7 Å². The van der Waals surface area contributed by atoms with Crippen LogP contribution in [0.4, 0.5) is 15.2 Å². The summed E-state index contributed by atoms with van der Waals surface area (Å²) in [5.74, 6) is -1.06. The predicted molar refractivity (Wildman–Crippen MR) is 115 cm³/mol. The largest absolute Gasteiger partial charge is 0.348 e. The van der Waals surface area contributed by atoms with Crippen LogP contribution in [-0.2, 0) is 17.9 Å². The molecule has 11 heteroatoms. The lowest BCUT2D eigenvalue weighted by Crippen LogP contribution is -2.41. The fourth-order valence-corrected chi connectivity index (χ4v) is 4.74. The number of nitrogens with zero attached hydrogens (tertiary/aromatic N) is 4. The Bertz CT molecular complexity index is 1250. The number of hydrogen-bond donors (Lipinski definition) is 1. The Morgan fingerprint density at radius 1 is 1.27 bits per heavy atom. The number of rotatable bonds is 5. The second kappa shape index (κ2) is 8.19. The molecule has 1 aromatic carbocycles. The van der Waals surface area contributed by atoms with Crippen molar-refractivity contribution in [2.24, 2.45) is 0 Å². The van der Waals surface area contributed by atoms with Gasteiger partial charge in [-0.2, -0.15) is 0 Å². The van der Waals surface area contributed by atoms with E-state index < -0.39 is 23.0 Å². The molecule has 0 atom stereocenters. The van der Waals surface area contributed by atoms with Crippen molar-refractivity contribution in [3.63, 3.8) is 0 Å². The predicted octanol–water partition coefficient (Wildman–Crippen LogP) is 2.67. The number of aromatic nitrogens is 3. The van der Waals surface area contributed by atoms with Gasteiger partial charge in [0.05, 0.1) is 10.7 Å². The first-order chi connectivity index (χ1) is 14.4. The van der Waals surface area contributed by atoms with Crippen molar-refractivity contribution >= 4 is 50.0 Å². The molecule has 1 N–H and O–H groups in total. The third-order valence-corrected chi connectivity index (χ3v) is 6.36. The second-order valence-electron chi connectivity index (χ2n) is 6.93. The van der Waals surface area contributed by atoms with Gasteiger partial charge in [-0.1, -0.05) is 22.9 Å². The Morgan fingerprint density at radius 2 is 2.00 bits per heavy atom. The molecule has 1 amide bonds. The van der Waals surface area contributed by atoms with Gasteiger partial charge < -0.3 is 10.2 Å². The molecule has 4 rings (SSSR count). The number of fused-ring (bicyclic) bond motifs is 1. The molecule has 30 heavy (non-hydrogen) atoms. The van der Waals surface area contributed by atoms with Gasteiger partial charge in [-0.05, 0) is 38.0 Å². The Morgan fingerprint density at radius 3 is 2.67 bits per heavy atom. The van der Waals surface area contributed by atoms with Crippen molar-refractivity contribution in [1.82, 2.24) is 14.1 Å². The molecule has 0 radical (unpaired) electrons. The average molecular weight is 452 g/mol. The molecular formula is C19H19ClFN5O3S. The highest BCUT2D eigenvalue weighted by atomic mass is 35.5. The summed E-state index contributed by atoms with van der Waals surface area (Å²) in [6.07, 6.45) is 2.09. The highest BCUT2D eigenvalue weighted by Crippen LogP contribution is 2.28. The van der Waals surface area contributed by atoms with Gasteiger partial charge in [-0.15, -0.1) is 0 Å². The molecular weight excluding hydrogens is 433 g/mol. The first-order valence-corrected chi connectivity index (χ1v) is 10.7. The van der Waals surface area contributed by atoms with Crippen molar-refractivity contribution in [1.29, 1.82) is 0 Å². The minimum absolute atomic E-state index is 0.0457. The van der Waals surface area contributed by atoms with Gasteiger partial charge in [0.25, 0.3) is 5.56 Å². The Kier molecular flexibility index (Phi) is 5.61. The number of carbonyl (C=O) groups is 1. The van der Waals surface area contributed by atoms with Crippen molar-refractivity contribution in [2.75, 3.05) is 23.3 Å². The molecule has 1 aliphatic heterocycles. The molecule has 0 spiro atoms. The van der Waals surface area contributed by atoms with Gasteiger partial charge >= 0.3 is 5.69 Å². The van der Waals surface area contributed by atoms with Crippen LogP contribution in [0.15, 0.2) is 27.8 Å². The van der Waals surface area contributed by atoms with E-state index in [2.05, 4.69) is 15.2 Å². The summed E-state index contributed by atoms with van der Waals surface area (Å²) in [5, 5.41) is 3.29. The minimum atomic E-state index is -0.603. The zero-order chi connectivity index (χ0) is 21.4. The van der Waals surface area contributed by atoms with E-state index in [9.17, 15) is 18.8 Å². The van der Waals surface area contributed by atoms with Crippen LogP contribution in [0.2, 0.25) is 5.02 Å². The number of hydrogen-bond acceptors (Lipinski definition) is 6. The van der Waals surface area contributed by atoms with Gasteiger partial charge in [0.2, 0.25) is 5.91 Å². The summed E-state index contributed by atoms with van der Waals surface area (Å²) >= 11 is 7.20. The summed E-state index contributed by atoms with van der Waals surface area (Å²) in [7, 11) is 0. The molecule has 0 unspecified atom stereocenters. The number of benzene rings is 1.